The largest absolute Gasteiger partial charge is 0.439 e. The number of hydrogen-bond acceptors (Lipinski definition) is 4. The molecular formula is C19H15ClN4O3. The zero-order valence-corrected chi connectivity index (χ0v) is 15.1. The molecule has 2 aromatic heterocycles. The van der Waals surface area contributed by atoms with Crippen LogP contribution in [-0.4, -0.2) is 20.6 Å². The summed E-state index contributed by atoms with van der Waals surface area (Å²) in [5, 5.41) is 7.98. The number of halogens is 1. The molecule has 0 aliphatic rings. The Morgan fingerprint density at radius 1 is 1.26 bits per heavy atom. The number of carbonyl (C=O) groups is 1. The zero-order chi connectivity index (χ0) is 19.0. The van der Waals surface area contributed by atoms with Gasteiger partial charge in [0.05, 0.1) is 5.69 Å². The predicted molar refractivity (Wildman–Crippen MR) is 103 cm³/mol. The van der Waals surface area contributed by atoms with Crippen LogP contribution in [0, 0.1) is 0 Å². The van der Waals surface area contributed by atoms with Crippen molar-refractivity contribution in [3.05, 3.63) is 69.8 Å². The van der Waals surface area contributed by atoms with Gasteiger partial charge in [-0.15, -0.1) is 0 Å². The third-order valence-corrected chi connectivity index (χ3v) is 4.52. The van der Waals surface area contributed by atoms with Gasteiger partial charge in [-0.3, -0.25) is 14.3 Å². The van der Waals surface area contributed by atoms with Crippen molar-refractivity contribution in [2.24, 2.45) is 0 Å². The summed E-state index contributed by atoms with van der Waals surface area (Å²) >= 11 is 6.06. The molecule has 4 aromatic rings. The van der Waals surface area contributed by atoms with Gasteiger partial charge in [-0.05, 0) is 37.3 Å². The summed E-state index contributed by atoms with van der Waals surface area (Å²) < 4.78 is 6.50. The fraction of sp³-hybridized carbons (Fsp3) is 0.105. The van der Waals surface area contributed by atoms with Gasteiger partial charge in [-0.25, -0.2) is 4.79 Å². The third-order valence-electron chi connectivity index (χ3n) is 4.28. The van der Waals surface area contributed by atoms with Gasteiger partial charge in [0.25, 0.3) is 5.91 Å². The average molecular weight is 383 g/mol. The second-order valence-corrected chi connectivity index (χ2v) is 6.36. The van der Waals surface area contributed by atoms with Crippen LogP contribution in [0.3, 0.4) is 0 Å². The van der Waals surface area contributed by atoms with Crippen molar-refractivity contribution >= 4 is 34.1 Å². The number of benzene rings is 2. The molecule has 27 heavy (non-hydrogen) atoms. The zero-order valence-electron chi connectivity index (χ0n) is 14.3. The number of aryl methyl sites for hydroxylation is 1. The Morgan fingerprint density at radius 3 is 2.81 bits per heavy atom. The number of fused-ring (bicyclic) bond motifs is 1. The van der Waals surface area contributed by atoms with Crippen molar-refractivity contribution < 1.29 is 9.32 Å². The van der Waals surface area contributed by atoms with Crippen LogP contribution < -0.4 is 11.1 Å². The first-order valence-corrected chi connectivity index (χ1v) is 8.70. The summed E-state index contributed by atoms with van der Waals surface area (Å²) in [6.07, 6.45) is 0. The first kappa shape index (κ1) is 17.1. The van der Waals surface area contributed by atoms with Gasteiger partial charge in [0.2, 0.25) is 0 Å². The smallest absolute Gasteiger partial charge is 0.337 e. The van der Waals surface area contributed by atoms with E-state index < -0.39 is 5.76 Å². The highest BCUT2D eigenvalue weighted by Gasteiger charge is 2.18. The lowest BCUT2D eigenvalue weighted by Crippen LogP contribution is -2.17. The minimum absolute atomic E-state index is 0.189. The lowest BCUT2D eigenvalue weighted by molar-refractivity contribution is 0.101. The minimum atomic E-state index is -0.687. The fourth-order valence-corrected chi connectivity index (χ4v) is 3.26. The molecule has 7 nitrogen and oxygen atoms in total. The van der Waals surface area contributed by atoms with Crippen molar-refractivity contribution in [2.75, 3.05) is 5.32 Å². The number of amides is 1. The maximum absolute atomic E-state index is 13.0. The van der Waals surface area contributed by atoms with Crippen LogP contribution in [0.25, 0.3) is 22.3 Å². The van der Waals surface area contributed by atoms with E-state index in [9.17, 15) is 9.59 Å². The highest BCUT2D eigenvalue weighted by molar-refractivity contribution is 6.31. The molecular weight excluding hydrogens is 368 g/mol. The molecule has 0 bridgehead atoms. The van der Waals surface area contributed by atoms with E-state index >= 15 is 0 Å². The minimum Gasteiger partial charge on any atom is -0.337 e. The Kier molecular flexibility index (Phi) is 4.29. The Morgan fingerprint density at radius 2 is 2.07 bits per heavy atom. The molecule has 0 atom stereocenters. The first-order chi connectivity index (χ1) is 13.1. The number of rotatable bonds is 4. The molecule has 8 heteroatoms. The van der Waals surface area contributed by atoms with E-state index in [1.165, 1.54) is 0 Å². The number of para-hydroxylation sites is 1. The quantitative estimate of drug-likeness (QED) is 0.559. The van der Waals surface area contributed by atoms with Crippen molar-refractivity contribution in [3.63, 3.8) is 0 Å². The Hall–Kier alpha value is -3.32. The number of hydrogen-bond donors (Lipinski definition) is 2. The SMILES string of the molecule is CCn1c(C(=O)Nc2ccc(Cl)cc2-c2noc(=O)[nH]2)cc2ccccc21. The summed E-state index contributed by atoms with van der Waals surface area (Å²) in [5.41, 5.74) is 2.44. The molecule has 4 rings (SSSR count). The van der Waals surface area contributed by atoms with Gasteiger partial charge in [0.1, 0.15) is 5.69 Å². The molecule has 0 spiro atoms. The monoisotopic (exact) mass is 382 g/mol. The highest BCUT2D eigenvalue weighted by Crippen LogP contribution is 2.29. The summed E-state index contributed by atoms with van der Waals surface area (Å²) in [4.78, 5) is 26.7. The van der Waals surface area contributed by atoms with E-state index in [4.69, 9.17) is 11.6 Å². The van der Waals surface area contributed by atoms with E-state index in [0.29, 0.717) is 28.5 Å². The first-order valence-electron chi connectivity index (χ1n) is 8.32. The topological polar surface area (TPSA) is 92.9 Å². The Balaban J connectivity index is 1.75. The van der Waals surface area contributed by atoms with E-state index in [-0.39, 0.29) is 11.7 Å². The van der Waals surface area contributed by atoms with Crippen LogP contribution in [0.5, 0.6) is 0 Å². The number of aromatic nitrogens is 3. The van der Waals surface area contributed by atoms with Crippen LogP contribution in [-0.2, 0) is 6.54 Å². The van der Waals surface area contributed by atoms with Crippen LogP contribution in [0.15, 0.2) is 57.8 Å². The van der Waals surface area contributed by atoms with Gasteiger partial charge in [0, 0.05) is 28.0 Å². The third kappa shape index (κ3) is 3.13. The summed E-state index contributed by atoms with van der Waals surface area (Å²) in [6, 6.07) is 14.6. The average Bonchev–Trinajstić information content (AvgIpc) is 3.26. The van der Waals surface area contributed by atoms with Gasteiger partial charge >= 0.3 is 5.76 Å². The number of aromatic amines is 1. The molecule has 0 aliphatic heterocycles. The molecule has 1 amide bonds. The van der Waals surface area contributed by atoms with Crippen molar-refractivity contribution in [2.45, 2.75) is 13.5 Å². The van der Waals surface area contributed by atoms with Crippen LogP contribution in [0.2, 0.25) is 5.02 Å². The van der Waals surface area contributed by atoms with Crippen molar-refractivity contribution in [3.8, 4) is 11.4 Å². The molecule has 0 saturated carbocycles. The number of nitrogens with one attached hydrogen (secondary N) is 2. The standard InChI is InChI=1S/C19H15ClN4O3/c1-2-24-15-6-4-3-5-11(15)9-16(24)18(25)21-14-8-7-12(20)10-13(14)17-22-19(26)27-23-17/h3-10H,2H2,1H3,(H,21,25)(H,22,23,26). The van der Waals surface area contributed by atoms with E-state index in [1.54, 1.807) is 18.2 Å². The van der Waals surface area contributed by atoms with Crippen molar-refractivity contribution in [1.29, 1.82) is 0 Å². The predicted octanol–water partition coefficient (Wildman–Crippen LogP) is 3.91. The molecule has 2 aromatic carbocycles. The van der Waals surface area contributed by atoms with E-state index in [1.807, 2.05) is 41.8 Å². The fourth-order valence-electron chi connectivity index (χ4n) is 3.09. The normalized spacial score (nSPS) is 11.0. The van der Waals surface area contributed by atoms with Crippen LogP contribution in [0.4, 0.5) is 5.69 Å². The summed E-state index contributed by atoms with van der Waals surface area (Å²) in [5.74, 6) is -0.773. The maximum atomic E-state index is 13.0. The lowest BCUT2D eigenvalue weighted by Gasteiger charge is -2.11. The van der Waals surface area contributed by atoms with E-state index in [0.717, 1.165) is 10.9 Å². The van der Waals surface area contributed by atoms with Crippen LogP contribution in [0.1, 0.15) is 17.4 Å². The number of carbonyl (C=O) groups excluding carboxylic acids is 1. The molecule has 0 radical (unpaired) electrons. The summed E-state index contributed by atoms with van der Waals surface area (Å²) in [6.45, 7) is 2.64. The molecule has 136 valence electrons. The molecule has 0 aliphatic carbocycles. The van der Waals surface area contributed by atoms with Gasteiger partial charge in [0.15, 0.2) is 5.82 Å². The van der Waals surface area contributed by atoms with Crippen LogP contribution >= 0.6 is 11.6 Å². The van der Waals surface area contributed by atoms with Gasteiger partial charge in [-0.1, -0.05) is 35.0 Å². The lowest BCUT2D eigenvalue weighted by atomic mass is 10.1. The van der Waals surface area contributed by atoms with Crippen molar-refractivity contribution in [1.82, 2.24) is 14.7 Å². The maximum Gasteiger partial charge on any atom is 0.439 e. The Bertz CT molecular complexity index is 1210. The molecule has 0 unspecified atom stereocenters. The summed E-state index contributed by atoms with van der Waals surface area (Å²) in [7, 11) is 0. The molecule has 0 saturated heterocycles. The molecule has 2 N–H and O–H groups in total. The second-order valence-electron chi connectivity index (χ2n) is 5.92. The van der Waals surface area contributed by atoms with Gasteiger partial charge < -0.3 is 9.88 Å². The Labute approximate surface area is 158 Å². The number of anilines is 1. The van der Waals surface area contributed by atoms with E-state index in [2.05, 4.69) is 20.0 Å². The molecule has 2 heterocycles. The highest BCUT2D eigenvalue weighted by atomic mass is 35.5. The molecule has 0 fully saturated rings. The van der Waals surface area contributed by atoms with Gasteiger partial charge in [-0.2, -0.15) is 0 Å². The number of nitrogens with zero attached hydrogens (tertiary/aromatic N) is 2. The number of H-pyrrole nitrogens is 1. The second kappa shape index (κ2) is 6.77.